The lowest BCUT2D eigenvalue weighted by molar-refractivity contribution is -0.152. The minimum absolute atomic E-state index is 0.136. The highest BCUT2D eigenvalue weighted by molar-refractivity contribution is 5.76. The summed E-state index contributed by atoms with van der Waals surface area (Å²) in [6.07, 6.45) is 0.597. The number of amides is 1. The van der Waals surface area contributed by atoms with Gasteiger partial charge in [-0.3, -0.25) is 0 Å². The monoisotopic (exact) mass is 307 g/mol. The maximum Gasteiger partial charge on any atom is 0.407 e. The Morgan fingerprint density at radius 3 is 2.59 bits per heavy atom. The number of aliphatic hydroxyl groups is 1. The van der Waals surface area contributed by atoms with Crippen molar-refractivity contribution in [3.8, 4) is 0 Å². The van der Waals surface area contributed by atoms with Crippen molar-refractivity contribution in [2.75, 3.05) is 7.11 Å². The van der Waals surface area contributed by atoms with Crippen molar-refractivity contribution in [2.24, 2.45) is 5.92 Å². The van der Waals surface area contributed by atoms with Crippen molar-refractivity contribution in [2.45, 2.75) is 38.0 Å². The van der Waals surface area contributed by atoms with Gasteiger partial charge in [0, 0.05) is 0 Å². The van der Waals surface area contributed by atoms with Crippen LogP contribution in [0.2, 0.25) is 0 Å². The average molecular weight is 307 g/mol. The predicted octanol–water partition coefficient (Wildman–Crippen LogP) is 1.62. The molecule has 0 bridgehead atoms. The average Bonchev–Trinajstić information content (AvgIpc) is 3.36. The number of carbonyl (C=O) groups is 2. The van der Waals surface area contributed by atoms with Gasteiger partial charge in [0.25, 0.3) is 0 Å². The molecule has 0 heterocycles. The zero-order valence-corrected chi connectivity index (χ0v) is 12.5. The van der Waals surface area contributed by atoms with Gasteiger partial charge in [-0.15, -0.1) is 0 Å². The molecule has 120 valence electrons. The van der Waals surface area contributed by atoms with Gasteiger partial charge >= 0.3 is 12.1 Å². The summed E-state index contributed by atoms with van der Waals surface area (Å²) in [7, 11) is 1.20. The van der Waals surface area contributed by atoms with Crippen LogP contribution < -0.4 is 5.32 Å². The van der Waals surface area contributed by atoms with Crippen LogP contribution in [0.3, 0.4) is 0 Å². The molecule has 2 rings (SSSR count). The molecule has 0 radical (unpaired) electrons. The number of alkyl carbamates (subject to hydrolysis) is 1. The number of benzene rings is 1. The van der Waals surface area contributed by atoms with Crippen LogP contribution in [0.25, 0.3) is 0 Å². The number of hydrogen-bond acceptors (Lipinski definition) is 5. The fourth-order valence-corrected chi connectivity index (χ4v) is 2.18. The van der Waals surface area contributed by atoms with Gasteiger partial charge in [-0.1, -0.05) is 43.2 Å². The molecule has 2 N–H and O–H groups in total. The van der Waals surface area contributed by atoms with Crippen LogP contribution in [0, 0.1) is 5.92 Å². The second-order valence-corrected chi connectivity index (χ2v) is 5.46. The van der Waals surface area contributed by atoms with E-state index in [0.29, 0.717) is 12.3 Å². The number of carbonyl (C=O) groups excluding carboxylic acids is 2. The lowest BCUT2D eigenvalue weighted by Crippen LogP contribution is -2.47. The predicted molar refractivity (Wildman–Crippen MR) is 78.9 cm³/mol. The number of ether oxygens (including phenoxy) is 2. The van der Waals surface area contributed by atoms with Crippen molar-refractivity contribution in [3.05, 3.63) is 35.9 Å². The molecule has 6 nitrogen and oxygen atoms in total. The van der Waals surface area contributed by atoms with Crippen LogP contribution >= 0.6 is 0 Å². The first kappa shape index (κ1) is 16.3. The molecule has 2 atom stereocenters. The molecule has 1 aromatic carbocycles. The molecule has 1 amide bonds. The van der Waals surface area contributed by atoms with Crippen LogP contribution in [0.1, 0.15) is 24.8 Å². The fourth-order valence-electron chi connectivity index (χ4n) is 2.18. The maximum atomic E-state index is 11.8. The Kier molecular flexibility index (Phi) is 5.77. The van der Waals surface area contributed by atoms with E-state index in [1.165, 1.54) is 7.11 Å². The van der Waals surface area contributed by atoms with Crippen LogP contribution in [-0.4, -0.2) is 36.4 Å². The van der Waals surface area contributed by atoms with E-state index in [0.717, 1.165) is 18.4 Å². The van der Waals surface area contributed by atoms with Gasteiger partial charge < -0.3 is 19.9 Å². The Labute approximate surface area is 129 Å². The van der Waals surface area contributed by atoms with Crippen LogP contribution in [0.5, 0.6) is 0 Å². The number of esters is 1. The summed E-state index contributed by atoms with van der Waals surface area (Å²) in [6.45, 7) is 0.136. The molecule has 1 fully saturated rings. The Morgan fingerprint density at radius 1 is 1.32 bits per heavy atom. The largest absolute Gasteiger partial charge is 0.467 e. The molecular formula is C16H21NO5. The standard InChI is InChI=1S/C16H21NO5/c1-21-15(19)14(18)13(9-11-7-8-11)17-16(20)22-10-12-5-3-2-4-6-12/h2-6,11,13-14,18H,7-10H2,1H3,(H,17,20)/t13-,14-/m0/s1. The third kappa shape index (κ3) is 5.04. The molecule has 22 heavy (non-hydrogen) atoms. The Hall–Kier alpha value is -2.08. The van der Waals surface area contributed by atoms with E-state index in [1.807, 2.05) is 30.3 Å². The van der Waals surface area contributed by atoms with Gasteiger partial charge in [0.2, 0.25) is 0 Å². The van der Waals surface area contributed by atoms with Crippen LogP contribution in [0.4, 0.5) is 4.79 Å². The Morgan fingerprint density at radius 2 is 2.00 bits per heavy atom. The zero-order chi connectivity index (χ0) is 15.9. The van der Waals surface area contributed by atoms with E-state index in [9.17, 15) is 14.7 Å². The minimum atomic E-state index is -1.38. The molecule has 1 saturated carbocycles. The van der Waals surface area contributed by atoms with E-state index in [4.69, 9.17) is 4.74 Å². The summed E-state index contributed by atoms with van der Waals surface area (Å²) >= 11 is 0. The van der Waals surface area contributed by atoms with Crippen molar-refractivity contribution in [1.82, 2.24) is 5.32 Å². The molecule has 1 aliphatic carbocycles. The van der Waals surface area contributed by atoms with E-state index >= 15 is 0 Å². The quantitative estimate of drug-likeness (QED) is 0.748. The summed E-state index contributed by atoms with van der Waals surface area (Å²) in [6, 6.07) is 8.59. The van der Waals surface area contributed by atoms with Gasteiger partial charge in [0.15, 0.2) is 6.10 Å². The third-order valence-electron chi connectivity index (χ3n) is 3.62. The van der Waals surface area contributed by atoms with Crippen molar-refractivity contribution < 1.29 is 24.2 Å². The summed E-state index contributed by atoms with van der Waals surface area (Å²) in [4.78, 5) is 23.3. The van der Waals surface area contributed by atoms with Crippen LogP contribution in [-0.2, 0) is 20.9 Å². The van der Waals surface area contributed by atoms with Crippen molar-refractivity contribution >= 4 is 12.1 Å². The highest BCUT2D eigenvalue weighted by Gasteiger charge is 2.34. The Bertz CT molecular complexity index is 501. The molecule has 0 spiro atoms. The first-order chi connectivity index (χ1) is 10.6. The van der Waals surface area contributed by atoms with Gasteiger partial charge in [-0.05, 0) is 17.9 Å². The van der Waals surface area contributed by atoms with E-state index in [2.05, 4.69) is 10.1 Å². The van der Waals surface area contributed by atoms with Gasteiger partial charge in [-0.25, -0.2) is 9.59 Å². The lowest BCUT2D eigenvalue weighted by atomic mass is 10.0. The highest BCUT2D eigenvalue weighted by Crippen LogP contribution is 2.34. The molecule has 0 saturated heterocycles. The zero-order valence-electron chi connectivity index (χ0n) is 12.5. The number of rotatable bonds is 7. The maximum absolute atomic E-state index is 11.8. The van der Waals surface area contributed by atoms with Gasteiger partial charge in [0.05, 0.1) is 13.2 Å². The second kappa shape index (κ2) is 7.79. The summed E-state index contributed by atoms with van der Waals surface area (Å²) in [5.74, 6) is -0.326. The van der Waals surface area contributed by atoms with Crippen molar-refractivity contribution in [1.29, 1.82) is 0 Å². The molecule has 1 aliphatic rings. The SMILES string of the molecule is COC(=O)[C@@H](O)[C@H](CC1CC1)NC(=O)OCc1ccccc1. The minimum Gasteiger partial charge on any atom is -0.467 e. The number of nitrogens with one attached hydrogen (secondary N) is 1. The van der Waals surface area contributed by atoms with Crippen molar-refractivity contribution in [3.63, 3.8) is 0 Å². The normalized spacial score (nSPS) is 16.5. The summed E-state index contributed by atoms with van der Waals surface area (Å²) in [5.41, 5.74) is 0.866. The summed E-state index contributed by atoms with van der Waals surface area (Å²) < 4.78 is 9.64. The molecule has 6 heteroatoms. The van der Waals surface area contributed by atoms with E-state index in [1.54, 1.807) is 0 Å². The van der Waals surface area contributed by atoms with Gasteiger partial charge in [0.1, 0.15) is 6.61 Å². The fraction of sp³-hybridized carbons (Fsp3) is 0.500. The molecule has 1 aromatic rings. The first-order valence-corrected chi connectivity index (χ1v) is 7.33. The lowest BCUT2D eigenvalue weighted by Gasteiger charge is -2.22. The number of aliphatic hydroxyl groups excluding tert-OH is 1. The Balaban J connectivity index is 1.85. The van der Waals surface area contributed by atoms with E-state index < -0.39 is 24.2 Å². The highest BCUT2D eigenvalue weighted by atomic mass is 16.6. The molecule has 0 aliphatic heterocycles. The number of hydrogen-bond donors (Lipinski definition) is 2. The summed E-state index contributed by atoms with van der Waals surface area (Å²) in [5, 5.41) is 12.5. The third-order valence-corrected chi connectivity index (χ3v) is 3.62. The van der Waals surface area contributed by atoms with Gasteiger partial charge in [-0.2, -0.15) is 0 Å². The van der Waals surface area contributed by atoms with E-state index in [-0.39, 0.29) is 6.61 Å². The first-order valence-electron chi connectivity index (χ1n) is 7.33. The topological polar surface area (TPSA) is 84.9 Å². The molecule has 0 aromatic heterocycles. The molecule has 0 unspecified atom stereocenters. The smallest absolute Gasteiger partial charge is 0.407 e. The van der Waals surface area contributed by atoms with Crippen LogP contribution in [0.15, 0.2) is 30.3 Å². The molecular weight excluding hydrogens is 286 g/mol. The number of methoxy groups -OCH3 is 1. The second-order valence-electron chi connectivity index (χ2n) is 5.46.